The zero-order valence-electron chi connectivity index (χ0n) is 17.8. The van der Waals surface area contributed by atoms with Crippen molar-refractivity contribution in [3.63, 3.8) is 0 Å². The molecule has 160 valence electrons. The predicted molar refractivity (Wildman–Crippen MR) is 111 cm³/mol. The van der Waals surface area contributed by atoms with Gasteiger partial charge in [-0.25, -0.2) is 4.79 Å². The first-order chi connectivity index (χ1) is 13.6. The molecule has 1 aromatic rings. The molecule has 1 fully saturated rings. The Bertz CT molecular complexity index is 717. The van der Waals surface area contributed by atoms with E-state index < -0.39 is 23.8 Å². The lowest BCUT2D eigenvalue weighted by Gasteiger charge is -2.40. The van der Waals surface area contributed by atoms with E-state index >= 15 is 0 Å². The molecule has 0 spiro atoms. The largest absolute Gasteiger partial charge is 0.444 e. The van der Waals surface area contributed by atoms with Crippen LogP contribution in [0.4, 0.5) is 4.79 Å². The number of hydrogen-bond donors (Lipinski definition) is 3. The van der Waals surface area contributed by atoms with Gasteiger partial charge in [-0.1, -0.05) is 25.1 Å². The molecule has 0 bridgehead atoms. The van der Waals surface area contributed by atoms with Gasteiger partial charge in [-0.2, -0.15) is 0 Å². The molecular weight excluding hydrogens is 372 g/mol. The number of amides is 3. The fraction of sp³-hybridized carbons (Fsp3) is 0.571. The zero-order valence-corrected chi connectivity index (χ0v) is 17.8. The van der Waals surface area contributed by atoms with Gasteiger partial charge in [0.25, 0.3) is 5.91 Å². The van der Waals surface area contributed by atoms with Gasteiger partial charge in [0.2, 0.25) is 5.91 Å². The molecule has 0 radical (unpaired) electrons. The molecule has 1 aliphatic heterocycles. The number of nitrogens with one attached hydrogen (secondary N) is 3. The number of rotatable bonds is 6. The van der Waals surface area contributed by atoms with Crippen molar-refractivity contribution in [1.82, 2.24) is 20.9 Å². The van der Waals surface area contributed by atoms with Crippen molar-refractivity contribution in [2.75, 3.05) is 20.1 Å². The average molecular weight is 405 g/mol. The molecule has 3 N–H and O–H groups in total. The topological polar surface area (TPSA) is 99.8 Å². The Balaban J connectivity index is 2.13. The molecule has 0 aliphatic carbocycles. The smallest absolute Gasteiger partial charge is 0.408 e. The molecule has 0 saturated carbocycles. The number of benzene rings is 1. The molecule has 3 unspecified atom stereocenters. The van der Waals surface area contributed by atoms with E-state index in [9.17, 15) is 14.4 Å². The second-order valence-electron chi connectivity index (χ2n) is 8.33. The minimum Gasteiger partial charge on any atom is -0.444 e. The molecule has 0 aromatic heterocycles. The minimum absolute atomic E-state index is 0.0600. The van der Waals surface area contributed by atoms with E-state index in [1.54, 1.807) is 45.0 Å². The van der Waals surface area contributed by atoms with E-state index in [0.717, 1.165) is 6.42 Å². The van der Waals surface area contributed by atoms with Gasteiger partial charge in [-0.15, -0.1) is 0 Å². The number of ether oxygens (including phenoxy) is 1. The number of carbonyl (C=O) groups is 3. The van der Waals surface area contributed by atoms with E-state index in [1.165, 1.54) is 0 Å². The summed E-state index contributed by atoms with van der Waals surface area (Å²) in [5.74, 6) is -0.451. The second kappa shape index (κ2) is 9.73. The van der Waals surface area contributed by atoms with Crippen LogP contribution in [-0.4, -0.2) is 66.7 Å². The minimum atomic E-state index is -0.671. The number of likely N-dealkylation sites (N-methyl/N-ethyl adjacent to an activating group) is 1. The van der Waals surface area contributed by atoms with E-state index in [4.69, 9.17) is 4.74 Å². The van der Waals surface area contributed by atoms with Gasteiger partial charge in [0.05, 0.1) is 6.04 Å². The second-order valence-corrected chi connectivity index (χ2v) is 8.33. The van der Waals surface area contributed by atoms with Crippen LogP contribution in [0.5, 0.6) is 0 Å². The summed E-state index contributed by atoms with van der Waals surface area (Å²) in [6.45, 7) is 8.06. The lowest BCUT2D eigenvalue weighted by Crippen LogP contribution is -2.67. The van der Waals surface area contributed by atoms with Gasteiger partial charge in [0.1, 0.15) is 11.6 Å². The van der Waals surface area contributed by atoms with Crippen molar-refractivity contribution in [2.24, 2.45) is 0 Å². The summed E-state index contributed by atoms with van der Waals surface area (Å²) in [6.07, 6.45) is 0.188. The van der Waals surface area contributed by atoms with Crippen LogP contribution < -0.4 is 16.0 Å². The number of nitrogens with zero attached hydrogens (tertiary/aromatic N) is 1. The molecule has 1 saturated heterocycles. The molecule has 8 heteroatoms. The van der Waals surface area contributed by atoms with Gasteiger partial charge in [0.15, 0.2) is 0 Å². The Morgan fingerprint density at radius 2 is 1.93 bits per heavy atom. The van der Waals surface area contributed by atoms with Crippen LogP contribution in [0.3, 0.4) is 0 Å². The third kappa shape index (κ3) is 6.74. The molecule has 1 heterocycles. The van der Waals surface area contributed by atoms with Crippen LogP contribution in [0.25, 0.3) is 0 Å². The Labute approximate surface area is 172 Å². The normalized spacial score (nSPS) is 21.1. The van der Waals surface area contributed by atoms with E-state index in [-0.39, 0.29) is 24.4 Å². The van der Waals surface area contributed by atoms with Gasteiger partial charge < -0.3 is 20.7 Å². The van der Waals surface area contributed by atoms with E-state index in [2.05, 4.69) is 16.0 Å². The maximum Gasteiger partial charge on any atom is 0.408 e. The van der Waals surface area contributed by atoms with Crippen molar-refractivity contribution in [2.45, 2.75) is 57.8 Å². The highest BCUT2D eigenvalue weighted by atomic mass is 16.6. The van der Waals surface area contributed by atoms with Crippen molar-refractivity contribution in [1.29, 1.82) is 0 Å². The van der Waals surface area contributed by atoms with Crippen LogP contribution in [0.2, 0.25) is 0 Å². The van der Waals surface area contributed by atoms with Gasteiger partial charge in [-0.05, 0) is 46.4 Å². The standard InChI is InChI=1S/C21H32N4O4/c1-6-15-13-25(5)17(19(27)23-15)16(24-20(28)29-21(2,3)4)12-22-18(26)14-10-8-7-9-11-14/h7-11,15-17H,6,12-13H2,1-5H3,(H,22,26)(H,23,27)(H,24,28). The molecule has 29 heavy (non-hydrogen) atoms. The lowest BCUT2D eigenvalue weighted by atomic mass is 10.00. The SMILES string of the molecule is CCC1CN(C)C(C(CNC(=O)c2ccccc2)NC(=O)OC(C)(C)C)C(=O)N1. The molecule has 2 rings (SSSR count). The van der Waals surface area contributed by atoms with Crippen LogP contribution in [0, 0.1) is 0 Å². The van der Waals surface area contributed by atoms with Crippen molar-refractivity contribution < 1.29 is 19.1 Å². The molecule has 1 aliphatic rings. The summed E-state index contributed by atoms with van der Waals surface area (Å²) in [4.78, 5) is 39.4. The van der Waals surface area contributed by atoms with Crippen LogP contribution in [-0.2, 0) is 9.53 Å². The van der Waals surface area contributed by atoms with Crippen molar-refractivity contribution in [3.05, 3.63) is 35.9 Å². The highest BCUT2D eigenvalue weighted by Gasteiger charge is 2.38. The Morgan fingerprint density at radius 1 is 1.28 bits per heavy atom. The fourth-order valence-electron chi connectivity index (χ4n) is 3.31. The van der Waals surface area contributed by atoms with Crippen LogP contribution in [0.1, 0.15) is 44.5 Å². The quantitative estimate of drug-likeness (QED) is 0.668. The number of carbonyl (C=O) groups excluding carboxylic acids is 3. The van der Waals surface area contributed by atoms with Crippen molar-refractivity contribution >= 4 is 17.9 Å². The number of piperazine rings is 1. The first kappa shape index (κ1) is 22.7. The van der Waals surface area contributed by atoms with Gasteiger partial charge in [0, 0.05) is 24.7 Å². The first-order valence-corrected chi connectivity index (χ1v) is 9.94. The van der Waals surface area contributed by atoms with Crippen LogP contribution >= 0.6 is 0 Å². The monoisotopic (exact) mass is 404 g/mol. The van der Waals surface area contributed by atoms with Crippen LogP contribution in [0.15, 0.2) is 30.3 Å². The van der Waals surface area contributed by atoms with Crippen molar-refractivity contribution in [3.8, 4) is 0 Å². The highest BCUT2D eigenvalue weighted by Crippen LogP contribution is 2.13. The molecule has 3 amide bonds. The molecule has 1 aromatic carbocycles. The molecule has 3 atom stereocenters. The third-order valence-electron chi connectivity index (χ3n) is 4.69. The summed E-state index contributed by atoms with van der Waals surface area (Å²) < 4.78 is 5.35. The summed E-state index contributed by atoms with van der Waals surface area (Å²) >= 11 is 0. The summed E-state index contributed by atoms with van der Waals surface area (Å²) in [7, 11) is 1.84. The first-order valence-electron chi connectivity index (χ1n) is 9.94. The molecular formula is C21H32N4O4. The van der Waals surface area contributed by atoms with Gasteiger partial charge >= 0.3 is 6.09 Å². The summed E-state index contributed by atoms with van der Waals surface area (Å²) in [6, 6.07) is 7.58. The Hall–Kier alpha value is -2.61. The molecule has 8 nitrogen and oxygen atoms in total. The average Bonchev–Trinajstić information content (AvgIpc) is 2.64. The highest BCUT2D eigenvalue weighted by molar-refractivity contribution is 5.94. The lowest BCUT2D eigenvalue weighted by molar-refractivity contribution is -0.131. The maximum absolute atomic E-state index is 12.7. The summed E-state index contributed by atoms with van der Waals surface area (Å²) in [5, 5.41) is 8.56. The Kier molecular flexibility index (Phi) is 7.61. The number of hydrogen-bond acceptors (Lipinski definition) is 5. The van der Waals surface area contributed by atoms with E-state index in [0.29, 0.717) is 12.1 Å². The van der Waals surface area contributed by atoms with Gasteiger partial charge in [-0.3, -0.25) is 14.5 Å². The predicted octanol–water partition coefficient (Wildman–Crippen LogP) is 1.52. The van der Waals surface area contributed by atoms with E-state index in [1.807, 2.05) is 24.9 Å². The number of alkyl carbamates (subject to hydrolysis) is 1. The summed E-state index contributed by atoms with van der Waals surface area (Å²) in [5.41, 5.74) is -0.160. The fourth-order valence-corrected chi connectivity index (χ4v) is 3.31. The maximum atomic E-state index is 12.7. The third-order valence-corrected chi connectivity index (χ3v) is 4.69. The zero-order chi connectivity index (χ0) is 21.6. The Morgan fingerprint density at radius 3 is 2.48 bits per heavy atom.